The SMILES string of the molecule is C=CCCC(O)CN(Cc1ccccc1C)C1CC1. The van der Waals surface area contributed by atoms with Crippen molar-refractivity contribution in [1.82, 2.24) is 4.90 Å². The lowest BCUT2D eigenvalue weighted by atomic mass is 10.1. The second kappa shape index (κ2) is 6.88. The van der Waals surface area contributed by atoms with Crippen LogP contribution in [0.5, 0.6) is 0 Å². The molecule has 1 N–H and O–H groups in total. The smallest absolute Gasteiger partial charge is 0.0670 e. The Bertz CT molecular complexity index is 411. The van der Waals surface area contributed by atoms with Gasteiger partial charge in [-0.2, -0.15) is 0 Å². The molecule has 1 aliphatic carbocycles. The summed E-state index contributed by atoms with van der Waals surface area (Å²) in [6.45, 7) is 7.62. The quantitative estimate of drug-likeness (QED) is 0.724. The van der Waals surface area contributed by atoms with E-state index in [9.17, 15) is 5.11 Å². The van der Waals surface area contributed by atoms with Crippen molar-refractivity contribution >= 4 is 0 Å². The van der Waals surface area contributed by atoms with Crippen LogP contribution in [0.25, 0.3) is 0 Å². The Kier molecular flexibility index (Phi) is 5.17. The van der Waals surface area contributed by atoms with Crippen molar-refractivity contribution in [3.8, 4) is 0 Å². The van der Waals surface area contributed by atoms with E-state index < -0.39 is 0 Å². The zero-order valence-corrected chi connectivity index (χ0v) is 11.9. The molecule has 2 nitrogen and oxygen atoms in total. The lowest BCUT2D eigenvalue weighted by Crippen LogP contribution is -2.34. The molecule has 0 heterocycles. The fraction of sp³-hybridized carbons (Fsp3) is 0.529. The van der Waals surface area contributed by atoms with Crippen LogP contribution in [0.4, 0.5) is 0 Å². The Balaban J connectivity index is 1.93. The molecule has 1 unspecified atom stereocenters. The van der Waals surface area contributed by atoms with E-state index in [4.69, 9.17) is 0 Å². The molecular weight excluding hydrogens is 234 g/mol. The predicted molar refractivity (Wildman–Crippen MR) is 80.0 cm³/mol. The molecule has 0 aliphatic heterocycles. The van der Waals surface area contributed by atoms with Crippen LogP contribution in [0.2, 0.25) is 0 Å². The van der Waals surface area contributed by atoms with Crippen molar-refractivity contribution in [1.29, 1.82) is 0 Å². The highest BCUT2D eigenvalue weighted by molar-refractivity contribution is 5.25. The number of hydrogen-bond donors (Lipinski definition) is 1. The molecule has 1 aromatic rings. The van der Waals surface area contributed by atoms with Crippen LogP contribution in [0.3, 0.4) is 0 Å². The summed E-state index contributed by atoms with van der Waals surface area (Å²) in [6, 6.07) is 9.22. The standard InChI is InChI=1S/C17H25NO/c1-3-4-9-17(19)13-18(16-10-11-16)12-15-8-6-5-7-14(15)2/h3,5-8,16-17,19H,1,4,9-13H2,2H3. The van der Waals surface area contributed by atoms with Crippen molar-refractivity contribution in [3.05, 3.63) is 48.0 Å². The summed E-state index contributed by atoms with van der Waals surface area (Å²) in [7, 11) is 0. The number of aliphatic hydroxyl groups excluding tert-OH is 1. The lowest BCUT2D eigenvalue weighted by Gasteiger charge is -2.25. The Morgan fingerprint density at radius 2 is 2.16 bits per heavy atom. The largest absolute Gasteiger partial charge is 0.392 e. The van der Waals surface area contributed by atoms with E-state index in [-0.39, 0.29) is 6.10 Å². The van der Waals surface area contributed by atoms with Gasteiger partial charge in [0.1, 0.15) is 0 Å². The third-order valence-corrected chi connectivity index (χ3v) is 3.85. The number of rotatable bonds is 8. The zero-order valence-electron chi connectivity index (χ0n) is 11.9. The summed E-state index contributed by atoms with van der Waals surface area (Å²) < 4.78 is 0. The third kappa shape index (κ3) is 4.48. The molecular formula is C17H25NO. The normalized spacial score (nSPS) is 16.6. The average molecular weight is 259 g/mol. The highest BCUT2D eigenvalue weighted by Gasteiger charge is 2.30. The molecule has 1 aliphatic rings. The van der Waals surface area contributed by atoms with Gasteiger partial charge < -0.3 is 5.11 Å². The van der Waals surface area contributed by atoms with E-state index in [1.54, 1.807) is 0 Å². The molecule has 0 spiro atoms. The molecule has 1 saturated carbocycles. The van der Waals surface area contributed by atoms with Gasteiger partial charge in [0.05, 0.1) is 6.10 Å². The number of aryl methyl sites for hydroxylation is 1. The van der Waals surface area contributed by atoms with Gasteiger partial charge in [0.25, 0.3) is 0 Å². The number of benzene rings is 1. The van der Waals surface area contributed by atoms with E-state index in [0.29, 0.717) is 6.04 Å². The first-order chi connectivity index (χ1) is 9.20. The first-order valence-corrected chi connectivity index (χ1v) is 7.28. The Hall–Kier alpha value is -1.12. The van der Waals surface area contributed by atoms with E-state index in [0.717, 1.165) is 25.9 Å². The maximum Gasteiger partial charge on any atom is 0.0670 e. The van der Waals surface area contributed by atoms with Crippen LogP contribution in [-0.4, -0.2) is 28.7 Å². The fourth-order valence-electron chi connectivity index (χ4n) is 2.46. The minimum atomic E-state index is -0.234. The molecule has 104 valence electrons. The molecule has 0 radical (unpaired) electrons. The number of allylic oxidation sites excluding steroid dienone is 1. The zero-order chi connectivity index (χ0) is 13.7. The minimum Gasteiger partial charge on any atom is -0.392 e. The van der Waals surface area contributed by atoms with Crippen molar-refractivity contribution in [2.24, 2.45) is 0 Å². The summed E-state index contributed by atoms with van der Waals surface area (Å²) in [5.41, 5.74) is 2.72. The Labute approximate surface area is 116 Å². The second-order valence-electron chi connectivity index (χ2n) is 5.61. The molecule has 1 fully saturated rings. The van der Waals surface area contributed by atoms with Gasteiger partial charge in [-0.05, 0) is 43.7 Å². The Morgan fingerprint density at radius 1 is 1.42 bits per heavy atom. The first kappa shape index (κ1) is 14.3. The first-order valence-electron chi connectivity index (χ1n) is 7.28. The van der Waals surface area contributed by atoms with Crippen LogP contribution < -0.4 is 0 Å². The minimum absolute atomic E-state index is 0.234. The van der Waals surface area contributed by atoms with Crippen molar-refractivity contribution in [2.75, 3.05) is 6.54 Å². The maximum absolute atomic E-state index is 10.1. The van der Waals surface area contributed by atoms with Crippen LogP contribution in [0, 0.1) is 6.92 Å². The molecule has 0 aromatic heterocycles. The molecule has 2 heteroatoms. The lowest BCUT2D eigenvalue weighted by molar-refractivity contribution is 0.0979. The van der Waals surface area contributed by atoms with Crippen LogP contribution in [0.1, 0.15) is 36.8 Å². The summed E-state index contributed by atoms with van der Waals surface area (Å²) in [4.78, 5) is 2.44. The van der Waals surface area contributed by atoms with Gasteiger partial charge >= 0.3 is 0 Å². The van der Waals surface area contributed by atoms with E-state index in [1.165, 1.54) is 24.0 Å². The average Bonchev–Trinajstić information content (AvgIpc) is 3.22. The van der Waals surface area contributed by atoms with Gasteiger partial charge in [0.2, 0.25) is 0 Å². The topological polar surface area (TPSA) is 23.5 Å². The van der Waals surface area contributed by atoms with E-state index in [2.05, 4.69) is 42.7 Å². The van der Waals surface area contributed by atoms with E-state index >= 15 is 0 Å². The summed E-state index contributed by atoms with van der Waals surface area (Å²) >= 11 is 0. The van der Waals surface area contributed by atoms with Gasteiger partial charge in [0, 0.05) is 19.1 Å². The number of aliphatic hydroxyl groups is 1. The van der Waals surface area contributed by atoms with Gasteiger partial charge in [-0.25, -0.2) is 0 Å². The highest BCUT2D eigenvalue weighted by atomic mass is 16.3. The second-order valence-corrected chi connectivity index (χ2v) is 5.61. The van der Waals surface area contributed by atoms with E-state index in [1.807, 2.05) is 6.08 Å². The van der Waals surface area contributed by atoms with Gasteiger partial charge in [-0.15, -0.1) is 6.58 Å². The van der Waals surface area contributed by atoms with Gasteiger partial charge in [-0.1, -0.05) is 30.3 Å². The molecule has 19 heavy (non-hydrogen) atoms. The number of nitrogens with zero attached hydrogens (tertiary/aromatic N) is 1. The van der Waals surface area contributed by atoms with Gasteiger partial charge in [-0.3, -0.25) is 4.90 Å². The number of hydrogen-bond acceptors (Lipinski definition) is 2. The third-order valence-electron chi connectivity index (χ3n) is 3.85. The molecule has 0 amide bonds. The van der Waals surface area contributed by atoms with Crippen LogP contribution >= 0.6 is 0 Å². The maximum atomic E-state index is 10.1. The molecule has 0 bridgehead atoms. The van der Waals surface area contributed by atoms with Crippen molar-refractivity contribution in [3.63, 3.8) is 0 Å². The van der Waals surface area contributed by atoms with Crippen LogP contribution in [-0.2, 0) is 6.54 Å². The summed E-state index contributed by atoms with van der Waals surface area (Å²) in [5.74, 6) is 0. The van der Waals surface area contributed by atoms with Crippen molar-refractivity contribution in [2.45, 2.75) is 51.3 Å². The summed E-state index contributed by atoms with van der Waals surface area (Å²) in [5, 5.41) is 10.1. The summed E-state index contributed by atoms with van der Waals surface area (Å²) in [6.07, 6.45) is 5.92. The fourth-order valence-corrected chi connectivity index (χ4v) is 2.46. The van der Waals surface area contributed by atoms with Crippen LogP contribution in [0.15, 0.2) is 36.9 Å². The molecule has 0 saturated heterocycles. The Morgan fingerprint density at radius 3 is 2.79 bits per heavy atom. The predicted octanol–water partition coefficient (Wildman–Crippen LogP) is 3.29. The van der Waals surface area contributed by atoms with Gasteiger partial charge in [0.15, 0.2) is 0 Å². The molecule has 1 aromatic carbocycles. The van der Waals surface area contributed by atoms with Crippen molar-refractivity contribution < 1.29 is 5.11 Å². The monoisotopic (exact) mass is 259 g/mol. The molecule has 2 rings (SSSR count). The highest BCUT2D eigenvalue weighted by Crippen LogP contribution is 2.29. The molecule has 1 atom stereocenters.